The average molecular weight is 498 g/mol. The molecule has 3 aromatic carbocycles. The van der Waals surface area contributed by atoms with Gasteiger partial charge in [0.15, 0.2) is 16.8 Å². The highest BCUT2D eigenvalue weighted by atomic mass is 35.5. The van der Waals surface area contributed by atoms with Gasteiger partial charge in [0.1, 0.15) is 5.75 Å². The van der Waals surface area contributed by atoms with Gasteiger partial charge in [-0.2, -0.15) is 0 Å². The fourth-order valence-corrected chi connectivity index (χ4v) is 4.67. The molecule has 0 aliphatic rings. The third-order valence-electron chi connectivity index (χ3n) is 5.09. The fourth-order valence-electron chi connectivity index (χ4n) is 3.38. The standard InChI is InChI=1S/C25H21Cl2N3O2S/c1-15-7-9-17(10-8-15)23(31)16(2)33-25-29-28-24(18-5-4-6-19(26)13-18)30(25)21-14-20(27)11-12-22(21)32-3/h4-14,16H,1-3H3/t16-/m1/s1. The molecule has 33 heavy (non-hydrogen) atoms. The van der Waals surface area contributed by atoms with Crippen LogP contribution in [0.25, 0.3) is 17.1 Å². The molecule has 168 valence electrons. The molecule has 0 fully saturated rings. The third kappa shape index (κ3) is 5.08. The van der Waals surface area contributed by atoms with Crippen molar-refractivity contribution in [1.82, 2.24) is 14.8 Å². The van der Waals surface area contributed by atoms with Crippen LogP contribution in [0.5, 0.6) is 5.75 Å². The highest BCUT2D eigenvalue weighted by molar-refractivity contribution is 8.00. The summed E-state index contributed by atoms with van der Waals surface area (Å²) in [5.41, 5.74) is 3.21. The number of carbonyl (C=O) groups excluding carboxylic acids is 1. The van der Waals surface area contributed by atoms with Crippen LogP contribution in [0.3, 0.4) is 0 Å². The first-order valence-corrected chi connectivity index (χ1v) is 11.8. The number of carbonyl (C=O) groups is 1. The Balaban J connectivity index is 1.80. The molecule has 4 rings (SSSR count). The molecule has 1 atom stereocenters. The van der Waals surface area contributed by atoms with Crippen LogP contribution in [-0.2, 0) is 0 Å². The third-order valence-corrected chi connectivity index (χ3v) is 6.60. The summed E-state index contributed by atoms with van der Waals surface area (Å²) in [6.45, 7) is 3.85. The number of ketones is 1. The summed E-state index contributed by atoms with van der Waals surface area (Å²) in [6, 6.07) is 20.2. The van der Waals surface area contributed by atoms with Gasteiger partial charge < -0.3 is 4.74 Å². The van der Waals surface area contributed by atoms with Crippen LogP contribution < -0.4 is 4.74 Å². The number of benzene rings is 3. The van der Waals surface area contributed by atoms with Crippen LogP contribution in [0.15, 0.2) is 71.9 Å². The lowest BCUT2D eigenvalue weighted by atomic mass is 10.1. The Hall–Kier alpha value is -2.80. The largest absolute Gasteiger partial charge is 0.495 e. The minimum atomic E-state index is -0.395. The second kappa shape index (κ2) is 10.00. The molecule has 8 heteroatoms. The maximum atomic E-state index is 13.1. The summed E-state index contributed by atoms with van der Waals surface area (Å²) in [4.78, 5) is 13.1. The molecule has 0 N–H and O–H groups in total. The summed E-state index contributed by atoms with van der Waals surface area (Å²) < 4.78 is 7.44. The molecule has 0 amide bonds. The van der Waals surface area contributed by atoms with Gasteiger partial charge in [-0.1, -0.05) is 76.9 Å². The number of aryl methyl sites for hydroxylation is 1. The van der Waals surface area contributed by atoms with Crippen molar-refractivity contribution in [3.05, 3.63) is 87.9 Å². The molecule has 1 aromatic heterocycles. The number of aromatic nitrogens is 3. The van der Waals surface area contributed by atoms with Gasteiger partial charge in [-0.05, 0) is 44.2 Å². The van der Waals surface area contributed by atoms with E-state index in [4.69, 9.17) is 27.9 Å². The molecule has 4 aromatic rings. The Morgan fingerprint density at radius 3 is 2.42 bits per heavy atom. The first-order valence-electron chi connectivity index (χ1n) is 10.2. The number of rotatable bonds is 7. The number of hydrogen-bond donors (Lipinski definition) is 0. The Morgan fingerprint density at radius 2 is 1.73 bits per heavy atom. The molecule has 0 aliphatic carbocycles. The number of Topliss-reactive ketones (excluding diaryl/α,β-unsaturated/α-hetero) is 1. The van der Waals surface area contributed by atoms with Crippen molar-refractivity contribution in [2.45, 2.75) is 24.3 Å². The smallest absolute Gasteiger partial charge is 0.196 e. The van der Waals surface area contributed by atoms with Gasteiger partial charge in [0, 0.05) is 21.2 Å². The Labute approximate surface area is 206 Å². The Bertz CT molecular complexity index is 1310. The topological polar surface area (TPSA) is 57.0 Å². The van der Waals surface area contributed by atoms with E-state index in [-0.39, 0.29) is 5.78 Å². The molecule has 1 heterocycles. The number of methoxy groups -OCH3 is 1. The van der Waals surface area contributed by atoms with Crippen molar-refractivity contribution < 1.29 is 9.53 Å². The zero-order valence-electron chi connectivity index (χ0n) is 18.3. The van der Waals surface area contributed by atoms with Crippen molar-refractivity contribution >= 4 is 40.7 Å². The van der Waals surface area contributed by atoms with Crippen LogP contribution in [0, 0.1) is 6.92 Å². The minimum absolute atomic E-state index is 0.0110. The molecule has 0 saturated carbocycles. The Morgan fingerprint density at radius 1 is 1.00 bits per heavy atom. The molecule has 0 radical (unpaired) electrons. The summed E-state index contributed by atoms with van der Waals surface area (Å²) in [5, 5.41) is 10.1. The van der Waals surface area contributed by atoms with Gasteiger partial charge in [-0.15, -0.1) is 10.2 Å². The molecular formula is C25H21Cl2N3O2S. The zero-order valence-corrected chi connectivity index (χ0v) is 20.6. The number of nitrogens with zero attached hydrogens (tertiary/aromatic N) is 3. The van der Waals surface area contributed by atoms with Crippen LogP contribution >= 0.6 is 35.0 Å². The summed E-state index contributed by atoms with van der Waals surface area (Å²) in [5.74, 6) is 1.18. The molecular weight excluding hydrogens is 477 g/mol. The van der Waals surface area contributed by atoms with E-state index >= 15 is 0 Å². The van der Waals surface area contributed by atoms with E-state index in [1.165, 1.54) is 11.8 Å². The second-order valence-electron chi connectivity index (χ2n) is 7.46. The average Bonchev–Trinajstić information content (AvgIpc) is 3.22. The highest BCUT2D eigenvalue weighted by Gasteiger charge is 2.24. The fraction of sp³-hybridized carbons (Fsp3) is 0.160. The first kappa shape index (κ1) is 23.4. The molecule has 0 bridgehead atoms. The van der Waals surface area contributed by atoms with Crippen LogP contribution in [0.1, 0.15) is 22.8 Å². The number of ether oxygens (including phenoxy) is 1. The molecule has 0 spiro atoms. The Kier molecular flexibility index (Phi) is 7.08. The van der Waals surface area contributed by atoms with Crippen molar-refractivity contribution in [2.24, 2.45) is 0 Å². The van der Waals surface area contributed by atoms with Crippen LogP contribution in [-0.4, -0.2) is 32.9 Å². The maximum absolute atomic E-state index is 13.1. The monoisotopic (exact) mass is 497 g/mol. The van der Waals surface area contributed by atoms with E-state index in [1.54, 1.807) is 31.4 Å². The lowest BCUT2D eigenvalue weighted by molar-refractivity contribution is 0.0994. The number of thioether (sulfide) groups is 1. The van der Waals surface area contributed by atoms with Gasteiger partial charge in [0.2, 0.25) is 0 Å². The molecule has 0 unspecified atom stereocenters. The normalized spacial score (nSPS) is 11.9. The van der Waals surface area contributed by atoms with Crippen molar-refractivity contribution in [3.63, 3.8) is 0 Å². The van der Waals surface area contributed by atoms with Gasteiger partial charge in [-0.3, -0.25) is 9.36 Å². The van der Waals surface area contributed by atoms with Crippen molar-refractivity contribution in [3.8, 4) is 22.8 Å². The SMILES string of the molecule is COc1ccc(Cl)cc1-n1c(S[C@H](C)C(=O)c2ccc(C)cc2)nnc1-c1cccc(Cl)c1. The summed E-state index contributed by atoms with van der Waals surface area (Å²) in [7, 11) is 1.59. The maximum Gasteiger partial charge on any atom is 0.196 e. The summed E-state index contributed by atoms with van der Waals surface area (Å²) in [6.07, 6.45) is 0. The highest BCUT2D eigenvalue weighted by Crippen LogP contribution is 2.36. The van der Waals surface area contributed by atoms with Crippen LogP contribution in [0.2, 0.25) is 10.0 Å². The van der Waals surface area contributed by atoms with Gasteiger partial charge >= 0.3 is 0 Å². The summed E-state index contributed by atoms with van der Waals surface area (Å²) >= 11 is 13.9. The van der Waals surface area contributed by atoms with E-state index in [0.717, 1.165) is 11.1 Å². The van der Waals surface area contributed by atoms with Gasteiger partial charge in [0.05, 0.1) is 18.0 Å². The van der Waals surface area contributed by atoms with E-state index < -0.39 is 5.25 Å². The van der Waals surface area contributed by atoms with E-state index in [0.29, 0.717) is 38.0 Å². The first-order chi connectivity index (χ1) is 15.9. The van der Waals surface area contributed by atoms with E-state index in [1.807, 2.05) is 60.9 Å². The van der Waals surface area contributed by atoms with Crippen molar-refractivity contribution in [2.75, 3.05) is 7.11 Å². The van der Waals surface area contributed by atoms with E-state index in [2.05, 4.69) is 10.2 Å². The quantitative estimate of drug-likeness (QED) is 0.205. The van der Waals surface area contributed by atoms with Gasteiger partial charge in [0.25, 0.3) is 0 Å². The second-order valence-corrected chi connectivity index (χ2v) is 9.64. The number of halogens is 2. The number of hydrogen-bond acceptors (Lipinski definition) is 5. The minimum Gasteiger partial charge on any atom is -0.495 e. The molecule has 0 aliphatic heterocycles. The molecule has 0 saturated heterocycles. The predicted octanol–water partition coefficient (Wildman–Crippen LogP) is 6.92. The predicted molar refractivity (Wildman–Crippen MR) is 134 cm³/mol. The van der Waals surface area contributed by atoms with E-state index in [9.17, 15) is 4.79 Å². The molecule has 5 nitrogen and oxygen atoms in total. The lowest BCUT2D eigenvalue weighted by Gasteiger charge is -2.16. The zero-order chi connectivity index (χ0) is 23.5. The van der Waals surface area contributed by atoms with Crippen LogP contribution in [0.4, 0.5) is 0 Å². The lowest BCUT2D eigenvalue weighted by Crippen LogP contribution is -2.14. The van der Waals surface area contributed by atoms with Gasteiger partial charge in [-0.25, -0.2) is 0 Å². The van der Waals surface area contributed by atoms with Crippen molar-refractivity contribution in [1.29, 1.82) is 0 Å².